The maximum atomic E-state index is 5.76. The molecule has 0 bridgehead atoms. The predicted molar refractivity (Wildman–Crippen MR) is 89.7 cm³/mol. The van der Waals surface area contributed by atoms with E-state index in [0.29, 0.717) is 11.8 Å². The van der Waals surface area contributed by atoms with Crippen LogP contribution in [0.2, 0.25) is 0 Å². The molecule has 1 N–H and O–H groups in total. The number of nitrogens with zero attached hydrogens (tertiary/aromatic N) is 1. The minimum Gasteiger partial charge on any atom is -0.439 e. The highest BCUT2D eigenvalue weighted by Gasteiger charge is 2.04. The molecule has 1 aromatic heterocycles. The highest BCUT2D eigenvalue weighted by molar-refractivity contribution is 9.10. The van der Waals surface area contributed by atoms with Gasteiger partial charge in [0.05, 0.1) is 0 Å². The van der Waals surface area contributed by atoms with Crippen LogP contribution in [0.5, 0.6) is 11.6 Å². The molecule has 2 aromatic rings. The van der Waals surface area contributed by atoms with Crippen molar-refractivity contribution in [1.29, 1.82) is 0 Å². The van der Waals surface area contributed by atoms with Crippen LogP contribution in [-0.4, -0.2) is 11.5 Å². The monoisotopic (exact) mass is 348 g/mol. The highest BCUT2D eigenvalue weighted by atomic mass is 79.9. The van der Waals surface area contributed by atoms with Crippen molar-refractivity contribution in [3.63, 3.8) is 0 Å². The lowest BCUT2D eigenvalue weighted by molar-refractivity contribution is 0.460. The van der Waals surface area contributed by atoms with Crippen LogP contribution in [0, 0.1) is 12.8 Å². The molecule has 2 rings (SSSR count). The maximum Gasteiger partial charge on any atom is 0.219 e. The van der Waals surface area contributed by atoms with Crippen molar-refractivity contribution < 1.29 is 4.74 Å². The van der Waals surface area contributed by atoms with Gasteiger partial charge in [-0.05, 0) is 49.2 Å². The van der Waals surface area contributed by atoms with Gasteiger partial charge in [0.2, 0.25) is 5.88 Å². The average Bonchev–Trinajstić information content (AvgIpc) is 2.43. The Morgan fingerprint density at radius 1 is 1.14 bits per heavy atom. The fourth-order valence-corrected chi connectivity index (χ4v) is 2.19. The van der Waals surface area contributed by atoms with Crippen molar-refractivity contribution in [2.45, 2.75) is 27.3 Å². The van der Waals surface area contributed by atoms with Gasteiger partial charge in [-0.1, -0.05) is 35.8 Å². The second-order valence-electron chi connectivity index (χ2n) is 5.47. The second kappa shape index (κ2) is 7.57. The number of rotatable bonds is 6. The first kappa shape index (κ1) is 16.0. The van der Waals surface area contributed by atoms with E-state index in [0.717, 1.165) is 29.0 Å². The van der Waals surface area contributed by atoms with Crippen LogP contribution >= 0.6 is 15.9 Å². The van der Waals surface area contributed by atoms with Crippen LogP contribution < -0.4 is 10.1 Å². The summed E-state index contributed by atoms with van der Waals surface area (Å²) in [6.07, 6.45) is 0. The number of halogens is 1. The topological polar surface area (TPSA) is 34.1 Å². The highest BCUT2D eigenvalue weighted by Crippen LogP contribution is 2.22. The van der Waals surface area contributed by atoms with Crippen molar-refractivity contribution in [1.82, 2.24) is 10.3 Å². The van der Waals surface area contributed by atoms with Gasteiger partial charge in [0.25, 0.3) is 0 Å². The van der Waals surface area contributed by atoms with E-state index >= 15 is 0 Å². The molecule has 0 spiro atoms. The van der Waals surface area contributed by atoms with Gasteiger partial charge < -0.3 is 10.1 Å². The normalized spacial score (nSPS) is 10.9. The van der Waals surface area contributed by atoms with E-state index in [1.54, 1.807) is 0 Å². The molecule has 0 radical (unpaired) electrons. The van der Waals surface area contributed by atoms with Crippen LogP contribution in [0.1, 0.15) is 25.1 Å². The Morgan fingerprint density at radius 2 is 1.86 bits per heavy atom. The Bertz CT molecular complexity index is 582. The van der Waals surface area contributed by atoms with E-state index in [-0.39, 0.29) is 0 Å². The summed E-state index contributed by atoms with van der Waals surface area (Å²) in [5.74, 6) is 2.07. The number of pyridine rings is 1. The molecule has 0 aliphatic carbocycles. The number of aryl methyl sites for hydroxylation is 1. The van der Waals surface area contributed by atoms with E-state index in [4.69, 9.17) is 4.74 Å². The third-order valence-corrected chi connectivity index (χ3v) is 3.60. The smallest absolute Gasteiger partial charge is 0.219 e. The molecule has 0 unspecified atom stereocenters. The Labute approximate surface area is 134 Å². The third kappa shape index (κ3) is 5.14. The van der Waals surface area contributed by atoms with E-state index in [9.17, 15) is 0 Å². The summed E-state index contributed by atoms with van der Waals surface area (Å²) in [5, 5.41) is 3.43. The van der Waals surface area contributed by atoms with Gasteiger partial charge in [0.1, 0.15) is 5.75 Å². The largest absolute Gasteiger partial charge is 0.439 e. The average molecular weight is 349 g/mol. The van der Waals surface area contributed by atoms with Crippen molar-refractivity contribution >= 4 is 15.9 Å². The quantitative estimate of drug-likeness (QED) is 0.822. The molecule has 112 valence electrons. The molecule has 21 heavy (non-hydrogen) atoms. The SMILES string of the molecule is Cc1nc(Oc2ccc(Br)cc2)ccc1CNCC(C)C. The van der Waals surface area contributed by atoms with E-state index in [1.807, 2.05) is 37.3 Å². The second-order valence-corrected chi connectivity index (χ2v) is 6.39. The molecule has 1 heterocycles. The first-order chi connectivity index (χ1) is 10.0. The number of benzene rings is 1. The molecule has 3 nitrogen and oxygen atoms in total. The van der Waals surface area contributed by atoms with E-state index in [2.05, 4.69) is 46.1 Å². The lowest BCUT2D eigenvalue weighted by Gasteiger charge is -2.11. The van der Waals surface area contributed by atoms with Gasteiger partial charge in [-0.25, -0.2) is 4.98 Å². The Morgan fingerprint density at radius 3 is 2.48 bits per heavy atom. The van der Waals surface area contributed by atoms with Crippen LogP contribution in [0.25, 0.3) is 0 Å². The first-order valence-corrected chi connectivity index (χ1v) is 7.94. The van der Waals surface area contributed by atoms with E-state index < -0.39 is 0 Å². The summed E-state index contributed by atoms with van der Waals surface area (Å²) >= 11 is 3.41. The molecule has 1 aromatic carbocycles. The van der Waals surface area contributed by atoms with Crippen LogP contribution in [0.15, 0.2) is 40.9 Å². The summed E-state index contributed by atoms with van der Waals surface area (Å²) in [6.45, 7) is 8.27. The lowest BCUT2D eigenvalue weighted by atomic mass is 10.2. The molecule has 0 aliphatic rings. The molecule has 0 aliphatic heterocycles. The summed E-state index contributed by atoms with van der Waals surface area (Å²) < 4.78 is 6.79. The maximum absolute atomic E-state index is 5.76. The molecule has 0 fully saturated rings. The van der Waals surface area contributed by atoms with Gasteiger partial charge >= 0.3 is 0 Å². The molecule has 0 atom stereocenters. The Hall–Kier alpha value is -1.39. The minimum absolute atomic E-state index is 0.627. The van der Waals surface area contributed by atoms with Crippen molar-refractivity contribution in [2.24, 2.45) is 5.92 Å². The Kier molecular flexibility index (Phi) is 5.76. The van der Waals surface area contributed by atoms with Gasteiger partial charge in [0.15, 0.2) is 0 Å². The van der Waals surface area contributed by atoms with Gasteiger partial charge in [-0.3, -0.25) is 0 Å². The minimum atomic E-state index is 0.627. The summed E-state index contributed by atoms with van der Waals surface area (Å²) in [6, 6.07) is 11.7. The van der Waals surface area contributed by atoms with Gasteiger partial charge in [-0.15, -0.1) is 0 Å². The van der Waals surface area contributed by atoms with Gasteiger partial charge in [0, 0.05) is 22.8 Å². The molecular weight excluding hydrogens is 328 g/mol. The van der Waals surface area contributed by atoms with Crippen LogP contribution in [0.4, 0.5) is 0 Å². The summed E-state index contributed by atoms with van der Waals surface area (Å²) in [5.41, 5.74) is 2.21. The van der Waals surface area contributed by atoms with Gasteiger partial charge in [-0.2, -0.15) is 0 Å². The van der Waals surface area contributed by atoms with E-state index in [1.165, 1.54) is 5.56 Å². The molecule has 0 amide bonds. The third-order valence-electron chi connectivity index (χ3n) is 3.07. The number of ether oxygens (including phenoxy) is 1. The summed E-state index contributed by atoms with van der Waals surface area (Å²) in [4.78, 5) is 4.51. The number of hydrogen-bond donors (Lipinski definition) is 1. The number of aromatic nitrogens is 1. The zero-order valence-corrected chi connectivity index (χ0v) is 14.3. The first-order valence-electron chi connectivity index (χ1n) is 7.15. The molecule has 0 saturated heterocycles. The Balaban J connectivity index is 1.99. The van der Waals surface area contributed by atoms with Crippen molar-refractivity contribution in [3.05, 3.63) is 52.1 Å². The predicted octanol–water partition coefficient (Wildman–Crippen LogP) is 4.69. The van der Waals surface area contributed by atoms with Crippen molar-refractivity contribution in [3.8, 4) is 11.6 Å². The fraction of sp³-hybridized carbons (Fsp3) is 0.353. The van der Waals surface area contributed by atoms with Crippen molar-refractivity contribution in [2.75, 3.05) is 6.54 Å². The zero-order chi connectivity index (χ0) is 15.2. The molecular formula is C17H21BrN2O. The lowest BCUT2D eigenvalue weighted by Crippen LogP contribution is -2.19. The van der Waals surface area contributed by atoms with Crippen LogP contribution in [-0.2, 0) is 6.54 Å². The fourth-order valence-electron chi connectivity index (χ4n) is 1.93. The summed E-state index contributed by atoms with van der Waals surface area (Å²) in [7, 11) is 0. The molecule has 0 saturated carbocycles. The van der Waals surface area contributed by atoms with Crippen LogP contribution in [0.3, 0.4) is 0 Å². The number of nitrogens with one attached hydrogen (secondary N) is 1. The molecule has 4 heteroatoms. The number of hydrogen-bond acceptors (Lipinski definition) is 3. The zero-order valence-electron chi connectivity index (χ0n) is 12.7. The standard InChI is InChI=1S/C17H21BrN2O/c1-12(2)10-19-11-14-4-9-17(20-13(14)3)21-16-7-5-15(18)6-8-16/h4-9,12,19H,10-11H2,1-3H3.